The molecule has 13 heteroatoms. The van der Waals surface area contributed by atoms with Gasteiger partial charge in [-0.3, -0.25) is 4.90 Å². The molecule has 1 unspecified atom stereocenters. The Morgan fingerprint density at radius 3 is 2.46 bits per heavy atom. The number of piperazine rings is 1. The van der Waals surface area contributed by atoms with Crippen LogP contribution in [0.3, 0.4) is 0 Å². The number of methoxy groups -OCH3 is 1. The topological polar surface area (TPSA) is 112 Å². The van der Waals surface area contributed by atoms with Crippen LogP contribution in [0, 0.1) is 6.92 Å². The Labute approximate surface area is 302 Å². The molecule has 1 saturated heterocycles. The highest BCUT2D eigenvalue weighted by Crippen LogP contribution is 2.41. The van der Waals surface area contributed by atoms with Gasteiger partial charge in [-0.1, -0.05) is 31.5 Å². The van der Waals surface area contributed by atoms with E-state index in [4.69, 9.17) is 21.3 Å². The van der Waals surface area contributed by atoms with Crippen LogP contribution < -0.4 is 25.6 Å². The van der Waals surface area contributed by atoms with Gasteiger partial charge in [-0.15, -0.1) is 0 Å². The molecule has 0 bridgehead atoms. The number of likely N-dealkylation sites (N-methyl/N-ethyl adjacent to an activating group) is 1. The van der Waals surface area contributed by atoms with Gasteiger partial charge >= 0.3 is 0 Å². The molecule has 2 aromatic heterocycles. The van der Waals surface area contributed by atoms with Gasteiger partial charge in [0.2, 0.25) is 5.95 Å². The Morgan fingerprint density at radius 2 is 1.80 bits per heavy atom. The summed E-state index contributed by atoms with van der Waals surface area (Å²) in [6, 6.07) is 10.5. The highest BCUT2D eigenvalue weighted by Gasteiger charge is 2.23. The van der Waals surface area contributed by atoms with E-state index >= 15 is 0 Å². The first kappa shape index (κ1) is 37.5. The lowest BCUT2D eigenvalue weighted by Gasteiger charge is -2.38. The number of hydrogen-bond donors (Lipinski definition) is 2. The standard InChI is InChI=1S/C37H51ClN9O2P/c1-9-26-19-32(34(49-6)21-33(26)46(5)14-13-28(10-2)47-17-15-45(4)16-18-47)43-37-40-23-30(38)36(44-37)42-31-12-11-27(20-35(31)50(7,8)48)29-22-39-24-41-25(29)3/h11-12,19-24,28H,9-10,13-18H2,1-8H3,(H2,40,42,43,44). The van der Waals surface area contributed by atoms with E-state index in [2.05, 4.69) is 80.4 Å². The molecule has 268 valence electrons. The van der Waals surface area contributed by atoms with Crippen molar-refractivity contribution in [2.45, 2.75) is 46.1 Å². The van der Waals surface area contributed by atoms with Gasteiger partial charge < -0.3 is 29.7 Å². The van der Waals surface area contributed by atoms with Gasteiger partial charge in [0.25, 0.3) is 0 Å². The molecule has 1 atom stereocenters. The summed E-state index contributed by atoms with van der Waals surface area (Å²) < 4.78 is 19.4. The number of rotatable bonds is 14. The zero-order valence-corrected chi connectivity index (χ0v) is 32.3. The second-order valence-corrected chi connectivity index (χ2v) is 17.0. The van der Waals surface area contributed by atoms with E-state index in [-0.39, 0.29) is 0 Å². The van der Waals surface area contributed by atoms with Crippen molar-refractivity contribution in [3.8, 4) is 16.9 Å². The molecule has 0 aliphatic carbocycles. The van der Waals surface area contributed by atoms with Gasteiger partial charge in [-0.25, -0.2) is 15.0 Å². The Kier molecular flexibility index (Phi) is 12.4. The maximum absolute atomic E-state index is 13.5. The van der Waals surface area contributed by atoms with Crippen LogP contribution in [0.15, 0.2) is 49.1 Å². The summed E-state index contributed by atoms with van der Waals surface area (Å²) >= 11 is 6.61. The molecule has 3 heterocycles. The van der Waals surface area contributed by atoms with Crippen molar-refractivity contribution in [1.82, 2.24) is 29.7 Å². The molecular formula is C37H51ClN9O2P. The van der Waals surface area contributed by atoms with Crippen LogP contribution in [0.1, 0.15) is 37.9 Å². The molecule has 5 rings (SSSR count). The third-order valence-corrected chi connectivity index (χ3v) is 11.4. The third-order valence-electron chi connectivity index (χ3n) is 9.56. The van der Waals surface area contributed by atoms with Crippen LogP contribution in [0.2, 0.25) is 5.02 Å². The average Bonchev–Trinajstić information content (AvgIpc) is 3.10. The number of halogens is 1. The maximum atomic E-state index is 13.5. The minimum atomic E-state index is -2.72. The van der Waals surface area contributed by atoms with E-state index in [9.17, 15) is 4.57 Å². The molecule has 0 saturated carbocycles. The van der Waals surface area contributed by atoms with E-state index in [0.29, 0.717) is 39.6 Å². The minimum absolute atomic E-state index is 0.333. The van der Waals surface area contributed by atoms with Crippen LogP contribution >= 0.6 is 18.7 Å². The summed E-state index contributed by atoms with van der Waals surface area (Å²) in [5.74, 6) is 1.43. The highest BCUT2D eigenvalue weighted by molar-refractivity contribution is 7.70. The first-order valence-corrected chi connectivity index (χ1v) is 20.3. The molecule has 2 N–H and O–H groups in total. The lowest BCUT2D eigenvalue weighted by atomic mass is 10.0. The van der Waals surface area contributed by atoms with Crippen molar-refractivity contribution in [3.05, 3.63) is 65.3 Å². The normalized spacial score (nSPS) is 14.7. The minimum Gasteiger partial charge on any atom is -0.494 e. The molecule has 50 heavy (non-hydrogen) atoms. The van der Waals surface area contributed by atoms with Crippen molar-refractivity contribution in [3.63, 3.8) is 0 Å². The maximum Gasteiger partial charge on any atom is 0.229 e. The number of nitrogens with zero attached hydrogens (tertiary/aromatic N) is 7. The predicted molar refractivity (Wildman–Crippen MR) is 208 cm³/mol. The Hall–Kier alpha value is -3.76. The second-order valence-electron chi connectivity index (χ2n) is 13.4. The summed E-state index contributed by atoms with van der Waals surface area (Å²) in [6.45, 7) is 15.4. The number of anilines is 5. The molecule has 0 amide bonds. The van der Waals surface area contributed by atoms with Gasteiger partial charge in [-0.05, 0) is 75.9 Å². The molecule has 2 aromatic carbocycles. The SMILES string of the molecule is CCc1cc(Nc2ncc(Cl)c(Nc3ccc(-c4cncnc4C)cc3P(C)(C)=O)n2)c(OC)cc1N(C)CCC(CC)N1CCN(C)CC1. The number of aryl methyl sites for hydroxylation is 2. The molecule has 1 aliphatic heterocycles. The lowest BCUT2D eigenvalue weighted by Crippen LogP contribution is -2.49. The van der Waals surface area contributed by atoms with Crippen molar-refractivity contribution in [2.75, 3.05) is 82.8 Å². The summed E-state index contributed by atoms with van der Waals surface area (Å²) in [7, 11) is 3.32. The van der Waals surface area contributed by atoms with Crippen LogP contribution in [0.25, 0.3) is 11.1 Å². The third kappa shape index (κ3) is 8.93. The second kappa shape index (κ2) is 16.5. The van der Waals surface area contributed by atoms with E-state index in [0.717, 1.165) is 80.2 Å². The molecular weight excluding hydrogens is 669 g/mol. The fourth-order valence-electron chi connectivity index (χ4n) is 6.50. The van der Waals surface area contributed by atoms with Gasteiger partial charge in [-0.2, -0.15) is 4.98 Å². The number of aromatic nitrogens is 4. The number of ether oxygens (including phenoxy) is 1. The smallest absolute Gasteiger partial charge is 0.229 e. The average molecular weight is 720 g/mol. The van der Waals surface area contributed by atoms with Crippen molar-refractivity contribution < 1.29 is 9.30 Å². The van der Waals surface area contributed by atoms with E-state index < -0.39 is 7.14 Å². The molecule has 1 aliphatic rings. The predicted octanol–water partition coefficient (Wildman–Crippen LogP) is 7.05. The number of nitrogens with one attached hydrogen (secondary N) is 2. The van der Waals surface area contributed by atoms with Crippen molar-refractivity contribution in [2.24, 2.45) is 0 Å². The van der Waals surface area contributed by atoms with Crippen molar-refractivity contribution in [1.29, 1.82) is 0 Å². The number of benzene rings is 2. The molecule has 4 aromatic rings. The van der Waals surface area contributed by atoms with Gasteiger partial charge in [0.1, 0.15) is 24.2 Å². The molecule has 11 nitrogen and oxygen atoms in total. The van der Waals surface area contributed by atoms with E-state index in [1.807, 2.05) is 25.1 Å². The molecule has 0 radical (unpaired) electrons. The van der Waals surface area contributed by atoms with E-state index in [1.54, 1.807) is 32.8 Å². The lowest BCUT2D eigenvalue weighted by molar-refractivity contribution is 0.105. The Balaban J connectivity index is 1.36. The van der Waals surface area contributed by atoms with Gasteiger partial charge in [0.15, 0.2) is 5.82 Å². The first-order chi connectivity index (χ1) is 23.9. The molecule has 1 fully saturated rings. The summed E-state index contributed by atoms with van der Waals surface area (Å²) in [5.41, 5.74) is 6.37. The number of hydrogen-bond acceptors (Lipinski definition) is 11. The van der Waals surface area contributed by atoms with E-state index in [1.165, 1.54) is 11.9 Å². The van der Waals surface area contributed by atoms with Crippen molar-refractivity contribution >= 4 is 52.9 Å². The van der Waals surface area contributed by atoms with Gasteiger partial charge in [0, 0.05) is 80.3 Å². The van der Waals surface area contributed by atoms with Gasteiger partial charge in [0.05, 0.1) is 24.7 Å². The fourth-order valence-corrected chi connectivity index (χ4v) is 7.80. The quantitative estimate of drug-likeness (QED) is 0.131. The fraction of sp³-hybridized carbons (Fsp3) is 0.459. The Morgan fingerprint density at radius 1 is 1.04 bits per heavy atom. The highest BCUT2D eigenvalue weighted by atomic mass is 35.5. The van der Waals surface area contributed by atoms with Crippen LogP contribution in [0.5, 0.6) is 5.75 Å². The summed E-state index contributed by atoms with van der Waals surface area (Å²) in [5, 5.41) is 7.69. The molecule has 0 spiro atoms. The summed E-state index contributed by atoms with van der Waals surface area (Å²) in [6.07, 6.45) is 7.94. The van der Waals surface area contributed by atoms with Crippen LogP contribution in [-0.2, 0) is 11.0 Å². The monoisotopic (exact) mass is 719 g/mol. The van der Waals surface area contributed by atoms with Crippen LogP contribution in [0.4, 0.5) is 28.8 Å². The largest absolute Gasteiger partial charge is 0.494 e. The Bertz CT molecular complexity index is 1830. The summed E-state index contributed by atoms with van der Waals surface area (Å²) in [4.78, 5) is 25.1. The zero-order chi connectivity index (χ0) is 36.0. The zero-order valence-electron chi connectivity index (χ0n) is 30.6. The first-order valence-electron chi connectivity index (χ1n) is 17.3. The van der Waals surface area contributed by atoms with Crippen LogP contribution in [-0.4, -0.2) is 103 Å².